The van der Waals surface area contributed by atoms with Gasteiger partial charge in [-0.3, -0.25) is 0 Å². The van der Waals surface area contributed by atoms with Crippen LogP contribution in [0.5, 0.6) is 0 Å². The molecular weight excluding hydrogens is 272 g/mol. The molecule has 0 saturated carbocycles. The average Bonchev–Trinajstić information content (AvgIpc) is 2.86. The molecule has 112 valence electrons. The predicted octanol–water partition coefficient (Wildman–Crippen LogP) is 2.36. The molecule has 1 aliphatic rings. The third-order valence-corrected chi connectivity index (χ3v) is 5.91. The summed E-state index contributed by atoms with van der Waals surface area (Å²) in [4.78, 5) is 0.456. The van der Waals surface area contributed by atoms with E-state index in [1.54, 1.807) is 16.4 Å². The molecule has 0 bridgehead atoms. The van der Waals surface area contributed by atoms with Crippen LogP contribution in [0.25, 0.3) is 0 Å². The molecule has 2 rings (SSSR count). The van der Waals surface area contributed by atoms with Gasteiger partial charge in [0.25, 0.3) is 0 Å². The highest BCUT2D eigenvalue weighted by Crippen LogP contribution is 2.27. The number of nitrogens with one attached hydrogen (secondary N) is 1. The van der Waals surface area contributed by atoms with Gasteiger partial charge in [-0.25, -0.2) is 8.42 Å². The molecule has 1 saturated heterocycles. The molecule has 1 unspecified atom stereocenters. The van der Waals surface area contributed by atoms with Crippen molar-refractivity contribution in [3.05, 3.63) is 29.8 Å². The lowest BCUT2D eigenvalue weighted by molar-refractivity contribution is 0.407. The Balaban J connectivity index is 2.27. The van der Waals surface area contributed by atoms with Gasteiger partial charge < -0.3 is 5.32 Å². The number of rotatable bonds is 6. The average molecular weight is 296 g/mol. The van der Waals surface area contributed by atoms with Crippen molar-refractivity contribution in [2.45, 2.75) is 50.6 Å². The van der Waals surface area contributed by atoms with Gasteiger partial charge in [0.05, 0.1) is 4.90 Å². The van der Waals surface area contributed by atoms with Crippen LogP contribution in [0.1, 0.15) is 38.7 Å². The van der Waals surface area contributed by atoms with Crippen LogP contribution >= 0.6 is 0 Å². The Morgan fingerprint density at radius 1 is 1.35 bits per heavy atom. The van der Waals surface area contributed by atoms with Gasteiger partial charge in [0.15, 0.2) is 0 Å². The minimum Gasteiger partial charge on any atom is -0.313 e. The summed E-state index contributed by atoms with van der Waals surface area (Å²) < 4.78 is 27.2. The maximum Gasteiger partial charge on any atom is 0.243 e. The normalized spacial score (nSPS) is 20.4. The first-order valence-electron chi connectivity index (χ1n) is 7.38. The van der Waals surface area contributed by atoms with E-state index in [1.807, 2.05) is 19.1 Å². The molecule has 1 atom stereocenters. The third-order valence-electron chi connectivity index (χ3n) is 3.79. The van der Waals surface area contributed by atoms with Crippen LogP contribution in [0.4, 0.5) is 0 Å². The first-order chi connectivity index (χ1) is 9.57. The summed E-state index contributed by atoms with van der Waals surface area (Å²) >= 11 is 0. The van der Waals surface area contributed by atoms with Crippen LogP contribution < -0.4 is 5.32 Å². The molecule has 1 heterocycles. The molecule has 4 nitrogen and oxygen atoms in total. The van der Waals surface area contributed by atoms with Crippen molar-refractivity contribution in [1.29, 1.82) is 0 Å². The zero-order chi connectivity index (χ0) is 14.6. The zero-order valence-corrected chi connectivity index (χ0v) is 13.1. The van der Waals surface area contributed by atoms with Crippen LogP contribution in [0.3, 0.4) is 0 Å². The summed E-state index contributed by atoms with van der Waals surface area (Å²) in [6, 6.07) is 7.43. The highest BCUT2D eigenvalue weighted by atomic mass is 32.2. The molecule has 1 N–H and O–H groups in total. The molecule has 1 aliphatic heterocycles. The number of nitrogens with zero attached hydrogens (tertiary/aromatic N) is 1. The smallest absolute Gasteiger partial charge is 0.243 e. The van der Waals surface area contributed by atoms with E-state index in [4.69, 9.17) is 0 Å². The largest absolute Gasteiger partial charge is 0.313 e. The van der Waals surface area contributed by atoms with Crippen LogP contribution in [0.15, 0.2) is 29.2 Å². The van der Waals surface area contributed by atoms with Crippen molar-refractivity contribution >= 4 is 10.0 Å². The summed E-state index contributed by atoms with van der Waals surface area (Å²) in [6.07, 6.45) is 2.95. The van der Waals surface area contributed by atoms with Gasteiger partial charge in [0, 0.05) is 19.1 Å². The summed E-state index contributed by atoms with van der Waals surface area (Å²) in [5.74, 6) is 0. The van der Waals surface area contributed by atoms with Crippen molar-refractivity contribution in [1.82, 2.24) is 9.62 Å². The molecule has 0 radical (unpaired) electrons. The zero-order valence-electron chi connectivity index (χ0n) is 12.3. The molecule has 0 aromatic heterocycles. The molecule has 5 heteroatoms. The van der Waals surface area contributed by atoms with Gasteiger partial charge >= 0.3 is 0 Å². The molecule has 0 amide bonds. The fourth-order valence-corrected chi connectivity index (χ4v) is 4.62. The Labute approximate surface area is 122 Å². The van der Waals surface area contributed by atoms with Gasteiger partial charge in [-0.05, 0) is 44.4 Å². The minimum absolute atomic E-state index is 0.108. The lowest BCUT2D eigenvalue weighted by atomic mass is 10.2. The van der Waals surface area contributed by atoms with Crippen LogP contribution in [0.2, 0.25) is 0 Å². The maximum atomic E-state index is 12.8. The van der Waals surface area contributed by atoms with Crippen molar-refractivity contribution in [3.63, 3.8) is 0 Å². The van der Waals surface area contributed by atoms with E-state index < -0.39 is 10.0 Å². The number of hydrogen-bond acceptors (Lipinski definition) is 3. The molecule has 0 spiro atoms. The third kappa shape index (κ3) is 3.22. The standard InChI is InChI=1S/C15H24N2O2S/c1-3-10-16-12-14-8-4-5-9-15(14)20(18,19)17-11-6-7-13(17)2/h4-5,8-9,13,16H,3,6-7,10-12H2,1-2H3. The van der Waals surface area contributed by atoms with Gasteiger partial charge in [0.1, 0.15) is 0 Å². The molecule has 20 heavy (non-hydrogen) atoms. The van der Waals surface area contributed by atoms with Crippen molar-refractivity contribution in [2.75, 3.05) is 13.1 Å². The highest BCUT2D eigenvalue weighted by Gasteiger charge is 2.33. The second kappa shape index (κ2) is 6.70. The summed E-state index contributed by atoms with van der Waals surface area (Å²) in [5, 5.41) is 3.28. The number of benzene rings is 1. The second-order valence-electron chi connectivity index (χ2n) is 5.39. The summed E-state index contributed by atoms with van der Waals surface area (Å²) in [5.41, 5.74) is 0.861. The lowest BCUT2D eigenvalue weighted by Crippen LogP contribution is -2.34. The Hall–Kier alpha value is -0.910. The Bertz CT molecular complexity index is 543. The summed E-state index contributed by atoms with van der Waals surface area (Å²) in [6.45, 7) is 6.23. The van der Waals surface area contributed by atoms with E-state index in [1.165, 1.54) is 0 Å². The Morgan fingerprint density at radius 3 is 2.75 bits per heavy atom. The topological polar surface area (TPSA) is 49.4 Å². The number of sulfonamides is 1. The highest BCUT2D eigenvalue weighted by molar-refractivity contribution is 7.89. The van der Waals surface area contributed by atoms with Crippen molar-refractivity contribution < 1.29 is 8.42 Å². The second-order valence-corrected chi connectivity index (χ2v) is 7.25. The quantitative estimate of drug-likeness (QED) is 0.820. The molecular formula is C15H24N2O2S. The molecule has 0 aliphatic carbocycles. The van der Waals surface area contributed by atoms with E-state index in [0.29, 0.717) is 18.0 Å². The first-order valence-corrected chi connectivity index (χ1v) is 8.82. The first kappa shape index (κ1) is 15.5. The fraction of sp³-hybridized carbons (Fsp3) is 0.600. The lowest BCUT2D eigenvalue weighted by Gasteiger charge is -2.22. The van der Waals surface area contributed by atoms with E-state index in [-0.39, 0.29) is 6.04 Å². The van der Waals surface area contributed by atoms with E-state index in [0.717, 1.165) is 31.4 Å². The van der Waals surface area contributed by atoms with Crippen LogP contribution in [-0.2, 0) is 16.6 Å². The van der Waals surface area contributed by atoms with Gasteiger partial charge in [-0.2, -0.15) is 4.31 Å². The minimum atomic E-state index is -3.36. The van der Waals surface area contributed by atoms with Crippen LogP contribution in [0, 0.1) is 0 Å². The van der Waals surface area contributed by atoms with Crippen LogP contribution in [-0.4, -0.2) is 31.9 Å². The molecule has 1 aromatic carbocycles. The number of hydrogen-bond donors (Lipinski definition) is 1. The van der Waals surface area contributed by atoms with Gasteiger partial charge in [0.2, 0.25) is 10.0 Å². The SMILES string of the molecule is CCCNCc1ccccc1S(=O)(=O)N1CCCC1C. The van der Waals surface area contributed by atoms with E-state index >= 15 is 0 Å². The predicted molar refractivity (Wildman–Crippen MR) is 81.0 cm³/mol. The molecule has 1 fully saturated rings. The summed E-state index contributed by atoms with van der Waals surface area (Å²) in [7, 11) is -3.36. The monoisotopic (exact) mass is 296 g/mol. The molecule has 1 aromatic rings. The van der Waals surface area contributed by atoms with Gasteiger partial charge in [-0.1, -0.05) is 25.1 Å². The van der Waals surface area contributed by atoms with E-state index in [9.17, 15) is 8.42 Å². The van der Waals surface area contributed by atoms with E-state index in [2.05, 4.69) is 12.2 Å². The fourth-order valence-electron chi connectivity index (χ4n) is 2.69. The Kier molecular flexibility index (Phi) is 5.18. The van der Waals surface area contributed by atoms with Crippen molar-refractivity contribution in [2.24, 2.45) is 0 Å². The maximum absolute atomic E-state index is 12.8. The van der Waals surface area contributed by atoms with Gasteiger partial charge in [-0.15, -0.1) is 0 Å². The van der Waals surface area contributed by atoms with Crippen molar-refractivity contribution in [3.8, 4) is 0 Å². The Morgan fingerprint density at radius 2 is 2.10 bits per heavy atom.